The van der Waals surface area contributed by atoms with Crippen LogP contribution in [0.3, 0.4) is 0 Å². The molecule has 2 N–H and O–H groups in total. The number of aromatic nitrogens is 3. The third-order valence-electron chi connectivity index (χ3n) is 1.53. The van der Waals surface area contributed by atoms with Gasteiger partial charge in [0.05, 0.1) is 18.6 Å². The first-order chi connectivity index (χ1) is 7.24. The molecule has 6 heteroatoms. The Kier molecular flexibility index (Phi) is 2.77. The topological polar surface area (TPSA) is 73.9 Å². The molecule has 0 saturated carbocycles. The number of hydrogen-bond acceptors (Lipinski definition) is 5. The standard InChI is InChI=1S/C9H7BrN4O/c10-6-1-7(3-12-2-6)15-9-5-13-4-8(11)14-9/h1-5H,(H2,11,14). The smallest absolute Gasteiger partial charge is 0.239 e. The zero-order valence-corrected chi connectivity index (χ0v) is 9.18. The first-order valence-corrected chi connectivity index (χ1v) is 4.89. The molecule has 0 fully saturated rings. The lowest BCUT2D eigenvalue weighted by Crippen LogP contribution is -1.94. The number of halogens is 1. The Labute approximate surface area is 94.5 Å². The molecule has 0 aromatic carbocycles. The van der Waals surface area contributed by atoms with Crippen molar-refractivity contribution in [1.29, 1.82) is 0 Å². The fourth-order valence-corrected chi connectivity index (χ4v) is 1.32. The van der Waals surface area contributed by atoms with E-state index in [9.17, 15) is 0 Å². The molecule has 0 aliphatic heterocycles. The minimum absolute atomic E-state index is 0.315. The normalized spacial score (nSPS) is 9.93. The Morgan fingerprint density at radius 2 is 1.93 bits per heavy atom. The van der Waals surface area contributed by atoms with Gasteiger partial charge in [-0.15, -0.1) is 0 Å². The van der Waals surface area contributed by atoms with E-state index >= 15 is 0 Å². The van der Waals surface area contributed by atoms with Crippen LogP contribution in [0.5, 0.6) is 11.6 Å². The van der Waals surface area contributed by atoms with Crippen molar-refractivity contribution in [3.63, 3.8) is 0 Å². The van der Waals surface area contributed by atoms with Gasteiger partial charge in [-0.05, 0) is 22.0 Å². The zero-order valence-electron chi connectivity index (χ0n) is 7.59. The summed E-state index contributed by atoms with van der Waals surface area (Å²) < 4.78 is 6.22. The van der Waals surface area contributed by atoms with Gasteiger partial charge < -0.3 is 10.5 Å². The molecule has 0 unspecified atom stereocenters. The van der Waals surface area contributed by atoms with Crippen LogP contribution in [0.2, 0.25) is 0 Å². The van der Waals surface area contributed by atoms with Crippen LogP contribution in [-0.4, -0.2) is 15.0 Å². The maximum absolute atomic E-state index is 5.46. The summed E-state index contributed by atoms with van der Waals surface area (Å²) in [6, 6.07) is 1.78. The minimum atomic E-state index is 0.315. The molecule has 0 spiro atoms. The molecule has 15 heavy (non-hydrogen) atoms. The number of anilines is 1. The molecule has 0 atom stereocenters. The van der Waals surface area contributed by atoms with E-state index in [2.05, 4.69) is 30.9 Å². The van der Waals surface area contributed by atoms with E-state index < -0.39 is 0 Å². The summed E-state index contributed by atoms with van der Waals surface area (Å²) in [5.41, 5.74) is 5.46. The van der Waals surface area contributed by atoms with Crippen LogP contribution >= 0.6 is 15.9 Å². The highest BCUT2D eigenvalue weighted by atomic mass is 79.9. The van der Waals surface area contributed by atoms with Crippen molar-refractivity contribution in [2.45, 2.75) is 0 Å². The molecule has 0 saturated heterocycles. The molecule has 2 heterocycles. The van der Waals surface area contributed by atoms with Crippen LogP contribution in [-0.2, 0) is 0 Å². The van der Waals surface area contributed by atoms with Crippen LogP contribution in [0.15, 0.2) is 35.3 Å². The molecule has 5 nitrogen and oxygen atoms in total. The van der Waals surface area contributed by atoms with Crippen molar-refractivity contribution >= 4 is 21.7 Å². The lowest BCUT2D eigenvalue weighted by Gasteiger charge is -2.03. The molecule has 0 amide bonds. The van der Waals surface area contributed by atoms with E-state index in [1.54, 1.807) is 18.5 Å². The maximum atomic E-state index is 5.46. The summed E-state index contributed by atoms with van der Waals surface area (Å²) in [7, 11) is 0. The van der Waals surface area contributed by atoms with E-state index in [4.69, 9.17) is 10.5 Å². The second kappa shape index (κ2) is 4.22. The summed E-state index contributed by atoms with van der Waals surface area (Å²) in [5.74, 6) is 1.23. The molecule has 0 aliphatic carbocycles. The second-order valence-corrected chi connectivity index (χ2v) is 3.64. The van der Waals surface area contributed by atoms with Crippen LogP contribution < -0.4 is 10.5 Å². The van der Waals surface area contributed by atoms with Gasteiger partial charge in [0, 0.05) is 10.7 Å². The molecule has 0 bridgehead atoms. The van der Waals surface area contributed by atoms with E-state index in [0.29, 0.717) is 17.4 Å². The van der Waals surface area contributed by atoms with Gasteiger partial charge in [-0.3, -0.25) is 9.97 Å². The first-order valence-electron chi connectivity index (χ1n) is 4.10. The molecule has 0 aliphatic rings. The molecular weight excluding hydrogens is 260 g/mol. The predicted molar refractivity (Wildman–Crippen MR) is 58.5 cm³/mol. The van der Waals surface area contributed by atoms with Crippen molar-refractivity contribution < 1.29 is 4.74 Å². The van der Waals surface area contributed by atoms with Gasteiger partial charge in [0.25, 0.3) is 0 Å². The van der Waals surface area contributed by atoms with Crippen LogP contribution in [0, 0.1) is 0 Å². The van der Waals surface area contributed by atoms with Gasteiger partial charge in [0.15, 0.2) is 0 Å². The zero-order chi connectivity index (χ0) is 10.7. The van der Waals surface area contributed by atoms with Crippen molar-refractivity contribution in [3.8, 4) is 11.6 Å². The van der Waals surface area contributed by atoms with Gasteiger partial charge in [-0.1, -0.05) is 0 Å². The van der Waals surface area contributed by atoms with E-state index in [1.165, 1.54) is 12.4 Å². The number of ether oxygens (including phenoxy) is 1. The third-order valence-corrected chi connectivity index (χ3v) is 1.97. The molecular formula is C9H7BrN4O. The maximum Gasteiger partial charge on any atom is 0.239 e. The van der Waals surface area contributed by atoms with E-state index in [-0.39, 0.29) is 0 Å². The molecule has 2 rings (SSSR count). The summed E-state index contributed by atoms with van der Waals surface area (Å²) in [6.07, 6.45) is 6.18. The molecule has 76 valence electrons. The van der Waals surface area contributed by atoms with Crippen molar-refractivity contribution in [2.75, 3.05) is 5.73 Å². The lowest BCUT2D eigenvalue weighted by atomic mass is 10.5. The van der Waals surface area contributed by atoms with Crippen LogP contribution in [0.1, 0.15) is 0 Å². The van der Waals surface area contributed by atoms with Crippen LogP contribution in [0.4, 0.5) is 5.82 Å². The molecule has 2 aromatic rings. The Morgan fingerprint density at radius 1 is 1.13 bits per heavy atom. The predicted octanol–water partition coefficient (Wildman–Crippen LogP) is 2.01. The Hall–Kier alpha value is -1.69. The average molecular weight is 267 g/mol. The Morgan fingerprint density at radius 3 is 2.67 bits per heavy atom. The number of hydrogen-bond donors (Lipinski definition) is 1. The lowest BCUT2D eigenvalue weighted by molar-refractivity contribution is 0.458. The van der Waals surface area contributed by atoms with Gasteiger partial charge >= 0.3 is 0 Å². The molecule has 2 aromatic heterocycles. The summed E-state index contributed by atoms with van der Waals surface area (Å²) in [6.45, 7) is 0. The highest BCUT2D eigenvalue weighted by Crippen LogP contribution is 2.21. The monoisotopic (exact) mass is 266 g/mol. The Balaban J connectivity index is 2.22. The fourth-order valence-electron chi connectivity index (χ4n) is 0.980. The van der Waals surface area contributed by atoms with Crippen molar-refractivity contribution in [3.05, 3.63) is 35.3 Å². The van der Waals surface area contributed by atoms with Crippen molar-refractivity contribution in [1.82, 2.24) is 15.0 Å². The Bertz CT molecular complexity index is 434. The number of nitrogens with zero attached hydrogens (tertiary/aromatic N) is 3. The van der Waals surface area contributed by atoms with Gasteiger partial charge in [0.1, 0.15) is 11.6 Å². The summed E-state index contributed by atoms with van der Waals surface area (Å²) in [5, 5.41) is 0. The summed E-state index contributed by atoms with van der Waals surface area (Å²) >= 11 is 3.29. The number of nitrogens with two attached hydrogens (primary N) is 1. The fraction of sp³-hybridized carbons (Fsp3) is 0. The first kappa shape index (κ1) is 9.85. The second-order valence-electron chi connectivity index (χ2n) is 2.72. The minimum Gasteiger partial charge on any atom is -0.436 e. The van der Waals surface area contributed by atoms with Gasteiger partial charge in [0.2, 0.25) is 5.88 Å². The van der Waals surface area contributed by atoms with Crippen LogP contribution in [0.25, 0.3) is 0 Å². The SMILES string of the molecule is Nc1cncc(Oc2cncc(Br)c2)n1. The summed E-state index contributed by atoms with van der Waals surface area (Å²) in [4.78, 5) is 11.8. The highest BCUT2D eigenvalue weighted by molar-refractivity contribution is 9.10. The van der Waals surface area contributed by atoms with E-state index in [0.717, 1.165) is 4.47 Å². The third kappa shape index (κ3) is 2.63. The number of nitrogen functional groups attached to an aromatic ring is 1. The quantitative estimate of drug-likeness (QED) is 0.900. The average Bonchev–Trinajstić information content (AvgIpc) is 2.17. The van der Waals surface area contributed by atoms with Crippen molar-refractivity contribution in [2.24, 2.45) is 0 Å². The number of pyridine rings is 1. The van der Waals surface area contributed by atoms with Gasteiger partial charge in [-0.25, -0.2) is 0 Å². The molecule has 0 radical (unpaired) electrons. The van der Waals surface area contributed by atoms with E-state index in [1.807, 2.05) is 0 Å². The highest BCUT2D eigenvalue weighted by Gasteiger charge is 2.00. The number of rotatable bonds is 2. The largest absolute Gasteiger partial charge is 0.436 e. The van der Waals surface area contributed by atoms with Gasteiger partial charge in [-0.2, -0.15) is 4.98 Å².